The predicted octanol–water partition coefficient (Wildman–Crippen LogP) is 4.05. The van der Waals surface area contributed by atoms with E-state index in [0.717, 1.165) is 25.7 Å². The van der Waals surface area contributed by atoms with E-state index in [1.165, 1.54) is 56.4 Å². The number of amides is 2. The van der Waals surface area contributed by atoms with Crippen molar-refractivity contribution in [2.24, 2.45) is 5.92 Å². The Morgan fingerprint density at radius 1 is 0.963 bits per heavy atom. The molecular weight excluding hydrogens is 343 g/mol. The minimum Gasteiger partial charge on any atom is -0.349 e. The van der Waals surface area contributed by atoms with Crippen LogP contribution in [0.2, 0.25) is 0 Å². The Hall–Kier alpha value is -1.91. The number of rotatable bonds is 4. The second-order valence-corrected chi connectivity index (χ2v) is 8.54. The monoisotopic (exact) mass is 372 g/mol. The summed E-state index contributed by atoms with van der Waals surface area (Å²) in [6.07, 6.45) is 10.7. The molecule has 4 rings (SSSR count). The molecule has 0 radical (unpaired) electrons. The number of benzene rings is 1. The van der Waals surface area contributed by atoms with E-state index in [1.807, 2.05) is 0 Å². The molecule has 0 aromatic heterocycles. The highest BCUT2D eigenvalue weighted by molar-refractivity contribution is 5.94. The Labute approximate surface area is 160 Å². The zero-order valence-corrected chi connectivity index (χ0v) is 15.8. The first kappa shape index (κ1) is 18.5. The quantitative estimate of drug-likeness (QED) is 0.867. The summed E-state index contributed by atoms with van der Waals surface area (Å²) in [5.41, 5.74) is 0.486. The molecule has 146 valence electrons. The molecule has 5 heteroatoms. The molecule has 0 spiro atoms. The third-order valence-corrected chi connectivity index (χ3v) is 6.65. The lowest BCUT2D eigenvalue weighted by Gasteiger charge is -2.40. The largest absolute Gasteiger partial charge is 0.349 e. The highest BCUT2D eigenvalue weighted by Gasteiger charge is 2.43. The van der Waals surface area contributed by atoms with E-state index in [-0.39, 0.29) is 29.8 Å². The molecule has 1 saturated carbocycles. The van der Waals surface area contributed by atoms with Gasteiger partial charge in [0, 0.05) is 30.1 Å². The van der Waals surface area contributed by atoms with E-state index in [2.05, 4.69) is 10.2 Å². The lowest BCUT2D eigenvalue weighted by Crippen LogP contribution is -2.52. The van der Waals surface area contributed by atoms with E-state index >= 15 is 0 Å². The highest BCUT2D eigenvalue weighted by atomic mass is 19.1. The van der Waals surface area contributed by atoms with Crippen molar-refractivity contribution in [3.05, 3.63) is 35.6 Å². The Morgan fingerprint density at radius 3 is 2.22 bits per heavy atom. The van der Waals surface area contributed by atoms with Gasteiger partial charge in [0.15, 0.2) is 0 Å². The summed E-state index contributed by atoms with van der Waals surface area (Å²) in [7, 11) is 0. The standard InChI is InChI=1S/C22H29FN2O2/c23-17-8-6-16(7-9-17)22(27)24-18-13-19-10-11-20(14-18)25(19)21(26)12-15-4-2-1-3-5-15/h6-9,15,18-20H,1-5,10-14H2,(H,24,27). The van der Waals surface area contributed by atoms with E-state index in [1.54, 1.807) is 0 Å². The average molecular weight is 372 g/mol. The molecule has 27 heavy (non-hydrogen) atoms. The lowest BCUT2D eigenvalue weighted by atomic mass is 9.86. The van der Waals surface area contributed by atoms with E-state index < -0.39 is 0 Å². The molecule has 1 aromatic rings. The first-order valence-electron chi connectivity index (χ1n) is 10.5. The predicted molar refractivity (Wildman–Crippen MR) is 102 cm³/mol. The highest BCUT2D eigenvalue weighted by Crippen LogP contribution is 2.37. The fraction of sp³-hybridized carbons (Fsp3) is 0.636. The fourth-order valence-electron chi connectivity index (χ4n) is 5.32. The van der Waals surface area contributed by atoms with Crippen molar-refractivity contribution >= 4 is 11.8 Å². The molecule has 2 saturated heterocycles. The molecular formula is C22H29FN2O2. The van der Waals surface area contributed by atoms with Gasteiger partial charge in [-0.2, -0.15) is 0 Å². The van der Waals surface area contributed by atoms with Gasteiger partial charge < -0.3 is 10.2 Å². The molecule has 2 aliphatic heterocycles. The van der Waals surface area contributed by atoms with Gasteiger partial charge in [0.05, 0.1) is 0 Å². The van der Waals surface area contributed by atoms with Crippen LogP contribution in [0.1, 0.15) is 74.6 Å². The molecule has 3 aliphatic rings. The number of hydrogen-bond donors (Lipinski definition) is 1. The first-order valence-corrected chi connectivity index (χ1v) is 10.5. The SMILES string of the molecule is O=C(NC1CC2CCC(C1)N2C(=O)CC1CCCCC1)c1ccc(F)cc1. The molecule has 2 amide bonds. The minimum absolute atomic E-state index is 0.0961. The van der Waals surface area contributed by atoms with Crippen LogP contribution in [-0.2, 0) is 4.79 Å². The number of piperidine rings is 1. The van der Waals surface area contributed by atoms with E-state index in [0.29, 0.717) is 23.8 Å². The summed E-state index contributed by atoms with van der Waals surface area (Å²) >= 11 is 0. The molecule has 1 aromatic carbocycles. The summed E-state index contributed by atoms with van der Waals surface area (Å²) in [6, 6.07) is 6.27. The van der Waals surface area contributed by atoms with Gasteiger partial charge in [-0.1, -0.05) is 19.3 Å². The Bertz CT molecular complexity index is 670. The van der Waals surface area contributed by atoms with E-state index in [9.17, 15) is 14.0 Å². The van der Waals surface area contributed by atoms with Gasteiger partial charge >= 0.3 is 0 Å². The molecule has 2 heterocycles. The smallest absolute Gasteiger partial charge is 0.251 e. The van der Waals surface area contributed by atoms with Crippen LogP contribution in [0.5, 0.6) is 0 Å². The van der Waals surface area contributed by atoms with Crippen LogP contribution in [0.15, 0.2) is 24.3 Å². The van der Waals surface area contributed by atoms with Crippen LogP contribution in [0.3, 0.4) is 0 Å². The van der Waals surface area contributed by atoms with Gasteiger partial charge in [0.2, 0.25) is 5.91 Å². The van der Waals surface area contributed by atoms with Gasteiger partial charge in [-0.25, -0.2) is 4.39 Å². The van der Waals surface area contributed by atoms with Crippen molar-refractivity contribution in [1.82, 2.24) is 10.2 Å². The molecule has 3 fully saturated rings. The van der Waals surface area contributed by atoms with Crippen LogP contribution in [0.4, 0.5) is 4.39 Å². The number of hydrogen-bond acceptors (Lipinski definition) is 2. The number of fused-ring (bicyclic) bond motifs is 2. The fourth-order valence-corrected chi connectivity index (χ4v) is 5.32. The van der Waals surface area contributed by atoms with Crippen molar-refractivity contribution in [3.8, 4) is 0 Å². The maximum Gasteiger partial charge on any atom is 0.251 e. The number of nitrogens with one attached hydrogen (secondary N) is 1. The molecule has 4 nitrogen and oxygen atoms in total. The third-order valence-electron chi connectivity index (χ3n) is 6.65. The first-order chi connectivity index (χ1) is 13.1. The molecule has 2 bridgehead atoms. The second-order valence-electron chi connectivity index (χ2n) is 8.54. The summed E-state index contributed by atoms with van der Waals surface area (Å²) in [5.74, 6) is 0.412. The number of carbonyl (C=O) groups is 2. The average Bonchev–Trinajstić information content (AvgIpc) is 2.94. The van der Waals surface area contributed by atoms with Crippen molar-refractivity contribution in [3.63, 3.8) is 0 Å². The Morgan fingerprint density at radius 2 is 1.59 bits per heavy atom. The summed E-state index contributed by atoms with van der Waals surface area (Å²) < 4.78 is 13.0. The molecule has 1 N–H and O–H groups in total. The van der Waals surface area contributed by atoms with Crippen molar-refractivity contribution in [2.45, 2.75) is 82.3 Å². The zero-order chi connectivity index (χ0) is 18.8. The van der Waals surface area contributed by atoms with Gasteiger partial charge in [0.1, 0.15) is 5.82 Å². The van der Waals surface area contributed by atoms with Crippen molar-refractivity contribution in [1.29, 1.82) is 0 Å². The summed E-state index contributed by atoms with van der Waals surface area (Å²) in [6.45, 7) is 0. The van der Waals surface area contributed by atoms with Crippen LogP contribution in [0.25, 0.3) is 0 Å². The minimum atomic E-state index is -0.339. The van der Waals surface area contributed by atoms with Crippen LogP contribution in [0, 0.1) is 11.7 Å². The van der Waals surface area contributed by atoms with Crippen LogP contribution < -0.4 is 5.32 Å². The summed E-state index contributed by atoms with van der Waals surface area (Å²) in [4.78, 5) is 27.5. The Balaban J connectivity index is 1.33. The topological polar surface area (TPSA) is 49.4 Å². The van der Waals surface area contributed by atoms with Crippen LogP contribution >= 0.6 is 0 Å². The molecule has 2 atom stereocenters. The number of carbonyl (C=O) groups excluding carboxylic acids is 2. The van der Waals surface area contributed by atoms with Gasteiger partial charge in [-0.15, -0.1) is 0 Å². The number of nitrogens with zero attached hydrogens (tertiary/aromatic N) is 1. The van der Waals surface area contributed by atoms with Crippen molar-refractivity contribution in [2.75, 3.05) is 0 Å². The maximum absolute atomic E-state index is 13.0. The second kappa shape index (κ2) is 7.99. The van der Waals surface area contributed by atoms with Gasteiger partial charge in [-0.3, -0.25) is 9.59 Å². The summed E-state index contributed by atoms with van der Waals surface area (Å²) in [5, 5.41) is 3.10. The number of halogens is 1. The van der Waals surface area contributed by atoms with Gasteiger partial charge in [0.25, 0.3) is 5.91 Å². The third kappa shape index (κ3) is 4.17. The molecule has 1 aliphatic carbocycles. The maximum atomic E-state index is 13.0. The van der Waals surface area contributed by atoms with E-state index in [4.69, 9.17) is 0 Å². The van der Waals surface area contributed by atoms with Gasteiger partial charge in [-0.05, 0) is 68.7 Å². The normalized spacial score (nSPS) is 28.2. The van der Waals surface area contributed by atoms with Crippen LogP contribution in [-0.4, -0.2) is 34.8 Å². The molecule has 2 unspecified atom stereocenters. The lowest BCUT2D eigenvalue weighted by molar-refractivity contribution is -0.137. The zero-order valence-electron chi connectivity index (χ0n) is 15.8. The Kier molecular flexibility index (Phi) is 5.46. The van der Waals surface area contributed by atoms with Crippen molar-refractivity contribution < 1.29 is 14.0 Å².